The van der Waals surface area contributed by atoms with Crippen LogP contribution in [0.15, 0.2) is 18.7 Å². The fourth-order valence-electron chi connectivity index (χ4n) is 2.54. The first kappa shape index (κ1) is 24.3. The Hall–Kier alpha value is -0.733. The summed E-state index contributed by atoms with van der Waals surface area (Å²) in [5.74, 6) is 0.992. The van der Waals surface area contributed by atoms with Gasteiger partial charge in [-0.2, -0.15) is 0 Å². The summed E-state index contributed by atoms with van der Waals surface area (Å²) in [7, 11) is -0.667. The standard InChI is InChI=1S/C20H30ClIO4Si/c1-9-10-25-19(23)17-14(12-22)15(11-16(24-6)18(17)21)26-27(7,8)20(4,5)13(2)3/h9,11,13H,1,10,12H2,2-8H3. The van der Waals surface area contributed by atoms with Crippen LogP contribution in [0.2, 0.25) is 23.2 Å². The van der Waals surface area contributed by atoms with Crippen LogP contribution < -0.4 is 9.16 Å². The topological polar surface area (TPSA) is 44.8 Å². The molecule has 0 aliphatic carbocycles. The minimum atomic E-state index is -2.19. The minimum absolute atomic E-state index is 0.0198. The second kappa shape index (κ2) is 9.65. The molecule has 0 heterocycles. The highest BCUT2D eigenvalue weighted by Crippen LogP contribution is 2.47. The van der Waals surface area contributed by atoms with Gasteiger partial charge in [-0.05, 0) is 24.1 Å². The summed E-state index contributed by atoms with van der Waals surface area (Å²) in [5.41, 5.74) is 1.03. The van der Waals surface area contributed by atoms with Crippen LogP contribution in [0.4, 0.5) is 0 Å². The Bertz CT molecular complexity index is 702. The molecular formula is C20H30ClIO4Si. The first-order chi connectivity index (χ1) is 12.4. The zero-order valence-electron chi connectivity index (χ0n) is 17.2. The second-order valence-corrected chi connectivity index (χ2v) is 13.4. The molecule has 1 rings (SSSR count). The van der Waals surface area contributed by atoms with E-state index in [0.717, 1.165) is 5.56 Å². The monoisotopic (exact) mass is 524 g/mol. The van der Waals surface area contributed by atoms with Gasteiger partial charge in [0, 0.05) is 16.1 Å². The van der Waals surface area contributed by atoms with Crippen LogP contribution in [0.5, 0.6) is 11.5 Å². The van der Waals surface area contributed by atoms with Gasteiger partial charge in [-0.25, -0.2) is 4.79 Å². The molecular weight excluding hydrogens is 495 g/mol. The van der Waals surface area contributed by atoms with Crippen molar-refractivity contribution in [2.24, 2.45) is 5.92 Å². The number of rotatable bonds is 9. The van der Waals surface area contributed by atoms with Crippen molar-refractivity contribution in [2.45, 2.75) is 50.3 Å². The SMILES string of the molecule is C=CCOC(=O)c1c(Cl)c(OC)cc(O[Si](C)(C)C(C)(C)C(C)C)c1CI. The van der Waals surface area contributed by atoms with Crippen LogP contribution in [0.25, 0.3) is 0 Å². The van der Waals surface area contributed by atoms with E-state index in [-0.39, 0.29) is 16.7 Å². The molecule has 4 nitrogen and oxygen atoms in total. The third-order valence-corrected chi connectivity index (χ3v) is 11.1. The van der Waals surface area contributed by atoms with Crippen molar-refractivity contribution in [2.75, 3.05) is 13.7 Å². The van der Waals surface area contributed by atoms with Gasteiger partial charge in [0.15, 0.2) is 0 Å². The van der Waals surface area contributed by atoms with E-state index in [2.05, 4.69) is 70.0 Å². The molecule has 1 aromatic carbocycles. The van der Waals surface area contributed by atoms with Crippen LogP contribution in [-0.2, 0) is 9.16 Å². The minimum Gasteiger partial charge on any atom is -0.543 e. The van der Waals surface area contributed by atoms with E-state index in [1.54, 1.807) is 6.07 Å². The van der Waals surface area contributed by atoms with Crippen molar-refractivity contribution < 1.29 is 18.7 Å². The molecule has 0 aromatic heterocycles. The molecule has 0 spiro atoms. The van der Waals surface area contributed by atoms with E-state index in [9.17, 15) is 4.79 Å². The molecule has 0 amide bonds. The van der Waals surface area contributed by atoms with Gasteiger partial charge < -0.3 is 13.9 Å². The fraction of sp³-hybridized carbons (Fsp3) is 0.550. The lowest BCUT2D eigenvalue weighted by Crippen LogP contribution is -2.48. The number of halogens is 2. The van der Waals surface area contributed by atoms with Crippen molar-refractivity contribution in [3.8, 4) is 11.5 Å². The number of esters is 1. The molecule has 0 fully saturated rings. The number of carbonyl (C=O) groups excluding carboxylic acids is 1. The maximum absolute atomic E-state index is 12.6. The molecule has 1 aromatic rings. The lowest BCUT2D eigenvalue weighted by molar-refractivity contribution is 0.0548. The predicted molar refractivity (Wildman–Crippen MR) is 123 cm³/mol. The van der Waals surface area contributed by atoms with Crippen molar-refractivity contribution in [1.82, 2.24) is 0 Å². The Kier molecular flexibility index (Phi) is 8.69. The maximum Gasteiger partial charge on any atom is 0.340 e. The number of hydrogen-bond acceptors (Lipinski definition) is 4. The first-order valence-corrected chi connectivity index (χ1v) is 13.7. The van der Waals surface area contributed by atoms with Crippen LogP contribution >= 0.6 is 34.2 Å². The first-order valence-electron chi connectivity index (χ1n) is 8.86. The third kappa shape index (κ3) is 5.20. The Morgan fingerprint density at radius 1 is 1.37 bits per heavy atom. The van der Waals surface area contributed by atoms with Crippen LogP contribution in [0.1, 0.15) is 43.6 Å². The van der Waals surface area contributed by atoms with Gasteiger partial charge in [-0.1, -0.05) is 74.5 Å². The normalized spacial score (nSPS) is 12.1. The van der Waals surface area contributed by atoms with E-state index in [1.807, 2.05) is 0 Å². The molecule has 0 aliphatic rings. The molecule has 27 heavy (non-hydrogen) atoms. The average molecular weight is 525 g/mol. The summed E-state index contributed by atoms with van der Waals surface area (Å²) in [6.45, 7) is 17.0. The number of carbonyl (C=O) groups is 1. The maximum atomic E-state index is 12.6. The molecule has 0 aliphatic heterocycles. The van der Waals surface area contributed by atoms with Gasteiger partial charge in [-0.3, -0.25) is 0 Å². The fourth-order valence-corrected chi connectivity index (χ4v) is 6.01. The Morgan fingerprint density at radius 3 is 2.41 bits per heavy atom. The van der Waals surface area contributed by atoms with Crippen LogP contribution in [0.3, 0.4) is 0 Å². The molecule has 0 saturated heterocycles. The van der Waals surface area contributed by atoms with Crippen LogP contribution in [0, 0.1) is 5.92 Å². The lowest BCUT2D eigenvalue weighted by Gasteiger charge is -2.43. The molecule has 152 valence electrons. The molecule has 0 saturated carbocycles. The zero-order valence-corrected chi connectivity index (χ0v) is 21.2. The predicted octanol–water partition coefficient (Wildman–Crippen LogP) is 6.65. The lowest BCUT2D eigenvalue weighted by atomic mass is 9.99. The average Bonchev–Trinajstić information content (AvgIpc) is 2.59. The van der Waals surface area contributed by atoms with Gasteiger partial charge in [0.2, 0.25) is 0 Å². The second-order valence-electron chi connectivity index (χ2n) is 7.75. The Morgan fingerprint density at radius 2 is 1.96 bits per heavy atom. The van der Waals surface area contributed by atoms with Gasteiger partial charge in [0.05, 0.1) is 17.7 Å². The number of ether oxygens (including phenoxy) is 2. The largest absolute Gasteiger partial charge is 0.543 e. The highest BCUT2D eigenvalue weighted by Gasteiger charge is 2.45. The molecule has 0 radical (unpaired) electrons. The molecule has 0 N–H and O–H groups in total. The summed E-state index contributed by atoms with van der Waals surface area (Å²) in [5, 5.41) is 0.263. The third-order valence-electron chi connectivity index (χ3n) is 5.55. The number of benzene rings is 1. The molecule has 0 unspecified atom stereocenters. The van der Waals surface area contributed by atoms with Gasteiger partial charge >= 0.3 is 5.97 Å². The van der Waals surface area contributed by atoms with Gasteiger partial charge in [-0.15, -0.1) is 0 Å². The molecule has 0 atom stereocenters. The quantitative estimate of drug-likeness (QED) is 0.119. The summed E-state index contributed by atoms with van der Waals surface area (Å²) in [4.78, 5) is 12.6. The van der Waals surface area contributed by atoms with Crippen molar-refractivity contribution in [1.29, 1.82) is 0 Å². The van der Waals surface area contributed by atoms with Crippen molar-refractivity contribution >= 4 is 48.5 Å². The van der Waals surface area contributed by atoms with Crippen molar-refractivity contribution in [3.05, 3.63) is 34.9 Å². The van der Waals surface area contributed by atoms with E-state index >= 15 is 0 Å². The summed E-state index contributed by atoms with van der Waals surface area (Å²) >= 11 is 8.66. The zero-order chi connectivity index (χ0) is 21.0. The summed E-state index contributed by atoms with van der Waals surface area (Å²) < 4.78 is 17.8. The highest BCUT2D eigenvalue weighted by atomic mass is 127. The van der Waals surface area contributed by atoms with Gasteiger partial charge in [0.1, 0.15) is 18.1 Å². The molecule has 0 bridgehead atoms. The Balaban J connectivity index is 3.55. The Labute approximate surface area is 182 Å². The van der Waals surface area contributed by atoms with Gasteiger partial charge in [0.25, 0.3) is 8.32 Å². The number of alkyl halides is 1. The van der Waals surface area contributed by atoms with Crippen LogP contribution in [-0.4, -0.2) is 28.0 Å². The van der Waals surface area contributed by atoms with E-state index < -0.39 is 14.3 Å². The number of methoxy groups -OCH3 is 1. The van der Waals surface area contributed by atoms with Crippen molar-refractivity contribution in [3.63, 3.8) is 0 Å². The number of hydrogen-bond donors (Lipinski definition) is 0. The smallest absolute Gasteiger partial charge is 0.340 e. The van der Waals surface area contributed by atoms with E-state index in [1.165, 1.54) is 13.2 Å². The van der Waals surface area contributed by atoms with E-state index in [4.69, 9.17) is 25.5 Å². The molecule has 7 heteroatoms. The summed E-state index contributed by atoms with van der Waals surface area (Å²) in [6.07, 6.45) is 1.52. The highest BCUT2D eigenvalue weighted by molar-refractivity contribution is 14.1. The van der Waals surface area contributed by atoms with E-state index in [0.29, 0.717) is 27.4 Å². The summed E-state index contributed by atoms with van der Waals surface area (Å²) in [6, 6.07) is 1.78.